The standard InChI is InChI=1S/C36H51NO9/c1-21(14-28-19-42-26(6)37-28)10-9-11-23(3)35(41-8)24(4)30(43-20-38)18-32(39)36(7)33(46-36)13-12-22(2)29-15-27(17-34(40)45-29)16-31-25(5)44-31/h9-14,19-20,22,24-25,27,29-33,35,39H,15-18H2,1-8H3/b10-9+,13-12+,21-14+,23-11+/t22-,24+,25+,27+,29-,30+,31-,32+,33-,35+,36+/m1/s1. The number of ether oxygens (including phenoxy) is 5. The Morgan fingerprint density at radius 1 is 1.28 bits per heavy atom. The number of epoxide rings is 2. The average molecular weight is 642 g/mol. The molecule has 254 valence electrons. The molecule has 4 heterocycles. The average Bonchev–Trinajstić information content (AvgIpc) is 3.83. The van der Waals surface area contributed by atoms with Crippen molar-refractivity contribution in [3.8, 4) is 0 Å². The van der Waals surface area contributed by atoms with Crippen LogP contribution in [0.15, 0.2) is 52.2 Å². The summed E-state index contributed by atoms with van der Waals surface area (Å²) in [6, 6.07) is 0. The van der Waals surface area contributed by atoms with Gasteiger partial charge in [-0.25, -0.2) is 4.98 Å². The van der Waals surface area contributed by atoms with Crippen molar-refractivity contribution >= 4 is 18.5 Å². The van der Waals surface area contributed by atoms with E-state index in [0.717, 1.165) is 29.7 Å². The zero-order valence-corrected chi connectivity index (χ0v) is 28.4. The number of carbonyl (C=O) groups is 2. The number of rotatable bonds is 17. The molecule has 3 fully saturated rings. The minimum atomic E-state index is -0.892. The van der Waals surface area contributed by atoms with Gasteiger partial charge >= 0.3 is 5.97 Å². The number of oxazole rings is 1. The molecule has 0 saturated carbocycles. The second-order valence-electron chi connectivity index (χ2n) is 13.4. The van der Waals surface area contributed by atoms with Crippen molar-refractivity contribution in [3.05, 3.63) is 59.4 Å². The van der Waals surface area contributed by atoms with Crippen LogP contribution in [0.4, 0.5) is 0 Å². The summed E-state index contributed by atoms with van der Waals surface area (Å²) in [5.74, 6) is 0.465. The summed E-state index contributed by atoms with van der Waals surface area (Å²) in [4.78, 5) is 28.1. The summed E-state index contributed by atoms with van der Waals surface area (Å²) in [5.41, 5.74) is 1.88. The van der Waals surface area contributed by atoms with E-state index >= 15 is 0 Å². The molecule has 1 aromatic rings. The molecular formula is C36H51NO9. The molecule has 11 atom stereocenters. The molecule has 10 nitrogen and oxygen atoms in total. The molecular weight excluding hydrogens is 590 g/mol. The molecule has 3 aliphatic rings. The minimum Gasteiger partial charge on any atom is -0.464 e. The number of aromatic nitrogens is 1. The number of carbonyl (C=O) groups excluding carboxylic acids is 2. The van der Waals surface area contributed by atoms with E-state index in [2.05, 4.69) is 11.9 Å². The Morgan fingerprint density at radius 2 is 2.02 bits per heavy atom. The normalized spacial score (nSPS) is 31.8. The van der Waals surface area contributed by atoms with E-state index in [1.165, 1.54) is 0 Å². The molecule has 0 amide bonds. The van der Waals surface area contributed by atoms with Crippen LogP contribution in [0, 0.1) is 24.7 Å². The van der Waals surface area contributed by atoms with Gasteiger partial charge in [0, 0.05) is 38.7 Å². The number of cyclic esters (lactones) is 1. The van der Waals surface area contributed by atoms with Gasteiger partial charge in [-0.15, -0.1) is 0 Å². The molecule has 4 rings (SSSR count). The molecule has 0 aliphatic carbocycles. The van der Waals surface area contributed by atoms with Crippen LogP contribution in [-0.2, 0) is 33.3 Å². The molecule has 0 spiro atoms. The van der Waals surface area contributed by atoms with E-state index in [9.17, 15) is 14.7 Å². The van der Waals surface area contributed by atoms with E-state index in [1.54, 1.807) is 20.3 Å². The molecule has 1 aromatic heterocycles. The van der Waals surface area contributed by atoms with Crippen molar-refractivity contribution in [1.29, 1.82) is 0 Å². The van der Waals surface area contributed by atoms with E-state index in [-0.39, 0.29) is 60.7 Å². The number of nitrogens with zero attached hydrogens (tertiary/aromatic N) is 1. The number of methoxy groups -OCH3 is 1. The lowest BCUT2D eigenvalue weighted by molar-refractivity contribution is -0.159. The maximum Gasteiger partial charge on any atom is 0.306 e. The van der Waals surface area contributed by atoms with Crippen molar-refractivity contribution in [2.75, 3.05) is 7.11 Å². The van der Waals surface area contributed by atoms with Gasteiger partial charge in [0.25, 0.3) is 6.47 Å². The predicted octanol–water partition coefficient (Wildman–Crippen LogP) is 5.68. The SMILES string of the molecule is CO[C@@H](/C(C)=C/C=C/C(C)=C/c1coc(C)n1)[C@@H](C)[C@H](C[C@H](O)[C@]1(C)O[C@@H]1/C=C/[C@@H](C)[C@H]1C[C@@H](C[C@H]2O[C@H]2C)CC(=O)O1)OC=O. The number of hydrogen-bond donors (Lipinski definition) is 1. The van der Waals surface area contributed by atoms with Gasteiger partial charge < -0.3 is 33.2 Å². The quantitative estimate of drug-likeness (QED) is 0.0745. The maximum absolute atomic E-state index is 12.3. The van der Waals surface area contributed by atoms with Crippen molar-refractivity contribution in [2.45, 2.75) is 122 Å². The second-order valence-corrected chi connectivity index (χ2v) is 13.4. The van der Waals surface area contributed by atoms with Gasteiger partial charge in [0.05, 0.1) is 24.4 Å². The number of aryl methyl sites for hydroxylation is 1. The van der Waals surface area contributed by atoms with Gasteiger partial charge in [-0.1, -0.05) is 44.2 Å². The number of aliphatic hydroxyl groups is 1. The Balaban J connectivity index is 1.32. The predicted molar refractivity (Wildman–Crippen MR) is 172 cm³/mol. The third-order valence-corrected chi connectivity index (χ3v) is 9.62. The van der Waals surface area contributed by atoms with Crippen LogP contribution in [0.5, 0.6) is 0 Å². The fourth-order valence-corrected chi connectivity index (χ4v) is 6.46. The smallest absolute Gasteiger partial charge is 0.306 e. The largest absolute Gasteiger partial charge is 0.464 e. The zero-order valence-electron chi connectivity index (χ0n) is 28.4. The highest BCUT2D eigenvalue weighted by Gasteiger charge is 2.57. The highest BCUT2D eigenvalue weighted by atomic mass is 16.6. The Kier molecular flexibility index (Phi) is 12.2. The molecule has 0 radical (unpaired) electrons. The van der Waals surface area contributed by atoms with Crippen LogP contribution < -0.4 is 0 Å². The maximum atomic E-state index is 12.3. The van der Waals surface area contributed by atoms with Crippen molar-refractivity contribution in [1.82, 2.24) is 4.98 Å². The van der Waals surface area contributed by atoms with Crippen LogP contribution in [0.1, 0.15) is 78.8 Å². The molecule has 3 saturated heterocycles. The van der Waals surface area contributed by atoms with E-state index in [4.69, 9.17) is 28.1 Å². The molecule has 0 unspecified atom stereocenters. The van der Waals surface area contributed by atoms with Crippen LogP contribution in [0.25, 0.3) is 6.08 Å². The second kappa shape index (κ2) is 15.7. The Labute approximate surface area is 272 Å². The summed E-state index contributed by atoms with van der Waals surface area (Å²) < 4.78 is 33.8. The third kappa shape index (κ3) is 9.50. The van der Waals surface area contributed by atoms with Crippen LogP contribution in [-0.4, -0.2) is 78.0 Å². The lowest BCUT2D eigenvalue weighted by atomic mass is 9.85. The Bertz CT molecular complexity index is 1310. The molecule has 0 aromatic carbocycles. The first-order chi connectivity index (χ1) is 21.8. The van der Waals surface area contributed by atoms with Crippen molar-refractivity contribution < 1.29 is 42.8 Å². The van der Waals surface area contributed by atoms with E-state index < -0.39 is 17.8 Å². The summed E-state index contributed by atoms with van der Waals surface area (Å²) in [7, 11) is 1.62. The molecule has 46 heavy (non-hydrogen) atoms. The van der Waals surface area contributed by atoms with Gasteiger partial charge in [-0.3, -0.25) is 9.59 Å². The van der Waals surface area contributed by atoms with E-state index in [0.29, 0.717) is 18.8 Å². The summed E-state index contributed by atoms with van der Waals surface area (Å²) in [5, 5.41) is 11.3. The summed E-state index contributed by atoms with van der Waals surface area (Å²) in [6.07, 6.45) is 13.8. The Hall–Kier alpha value is -3.05. The lowest BCUT2D eigenvalue weighted by Crippen LogP contribution is -2.40. The monoisotopic (exact) mass is 641 g/mol. The van der Waals surface area contributed by atoms with Gasteiger partial charge in [0.1, 0.15) is 35.9 Å². The van der Waals surface area contributed by atoms with Crippen LogP contribution >= 0.6 is 0 Å². The third-order valence-electron chi connectivity index (χ3n) is 9.62. The van der Waals surface area contributed by atoms with E-state index in [1.807, 2.05) is 71.1 Å². The number of allylic oxidation sites excluding steroid dienone is 4. The number of hydrogen-bond acceptors (Lipinski definition) is 10. The first-order valence-corrected chi connectivity index (χ1v) is 16.3. The Morgan fingerprint density at radius 3 is 2.65 bits per heavy atom. The number of esters is 1. The summed E-state index contributed by atoms with van der Waals surface area (Å²) >= 11 is 0. The van der Waals surface area contributed by atoms with Gasteiger partial charge in [-0.2, -0.15) is 0 Å². The first kappa shape index (κ1) is 35.8. The highest BCUT2D eigenvalue weighted by molar-refractivity contribution is 5.70. The fraction of sp³-hybridized carbons (Fsp3) is 0.639. The van der Waals surface area contributed by atoms with Gasteiger partial charge in [0.2, 0.25) is 0 Å². The van der Waals surface area contributed by atoms with Gasteiger partial charge in [0.15, 0.2) is 5.89 Å². The zero-order chi connectivity index (χ0) is 33.6. The first-order valence-electron chi connectivity index (χ1n) is 16.3. The molecule has 1 N–H and O–H groups in total. The minimum absolute atomic E-state index is 0.00174. The summed E-state index contributed by atoms with van der Waals surface area (Å²) in [6.45, 7) is 14.0. The molecule has 10 heteroatoms. The molecule has 0 bridgehead atoms. The lowest BCUT2D eigenvalue weighted by Gasteiger charge is -2.31. The molecule has 3 aliphatic heterocycles. The highest BCUT2D eigenvalue weighted by Crippen LogP contribution is 2.43. The van der Waals surface area contributed by atoms with Gasteiger partial charge in [-0.05, 0) is 63.7 Å². The van der Waals surface area contributed by atoms with Crippen LogP contribution in [0.2, 0.25) is 0 Å². The number of aliphatic hydroxyl groups excluding tert-OH is 1. The van der Waals surface area contributed by atoms with Crippen LogP contribution in [0.3, 0.4) is 0 Å². The fourth-order valence-electron chi connectivity index (χ4n) is 6.46. The van der Waals surface area contributed by atoms with Crippen molar-refractivity contribution in [2.24, 2.45) is 17.8 Å². The van der Waals surface area contributed by atoms with Crippen molar-refractivity contribution in [3.63, 3.8) is 0 Å². The topological polar surface area (TPSA) is 133 Å².